The maximum atomic E-state index is 5.68. The highest BCUT2D eigenvalue weighted by Gasteiger charge is 2.17. The number of ether oxygens (including phenoxy) is 2. The van der Waals surface area contributed by atoms with Crippen molar-refractivity contribution < 1.29 is 9.47 Å². The van der Waals surface area contributed by atoms with Crippen LogP contribution >= 0.6 is 0 Å². The minimum atomic E-state index is 0.654. The summed E-state index contributed by atoms with van der Waals surface area (Å²) in [5, 5.41) is 3.40. The van der Waals surface area contributed by atoms with Gasteiger partial charge in [0.1, 0.15) is 0 Å². The van der Waals surface area contributed by atoms with Crippen LogP contribution in [0.25, 0.3) is 0 Å². The number of hydrogen-bond donors (Lipinski definition) is 1. The highest BCUT2D eigenvalue weighted by atomic mass is 16.5. The fraction of sp³-hybridized carbons (Fsp3) is 0.600. The lowest BCUT2D eigenvalue weighted by Crippen LogP contribution is -2.26. The Hall–Kier alpha value is -1.22. The number of hydrogen-bond acceptors (Lipinski definition) is 3. The molecule has 100 valence electrons. The minimum absolute atomic E-state index is 0.654. The normalized spacial score (nSPS) is 16.6. The second-order valence-corrected chi connectivity index (χ2v) is 4.60. The molecule has 0 saturated carbocycles. The van der Waals surface area contributed by atoms with Gasteiger partial charge in [0.15, 0.2) is 11.5 Å². The van der Waals surface area contributed by atoms with Gasteiger partial charge in [-0.15, -0.1) is 0 Å². The number of benzene rings is 1. The van der Waals surface area contributed by atoms with Crippen molar-refractivity contribution in [1.82, 2.24) is 5.32 Å². The summed E-state index contributed by atoms with van der Waals surface area (Å²) in [4.78, 5) is 0. The van der Waals surface area contributed by atoms with Crippen molar-refractivity contribution in [2.24, 2.45) is 0 Å². The van der Waals surface area contributed by atoms with Gasteiger partial charge in [-0.3, -0.25) is 0 Å². The summed E-state index contributed by atoms with van der Waals surface area (Å²) in [6.45, 7) is 7.58. The van der Waals surface area contributed by atoms with Gasteiger partial charge >= 0.3 is 0 Å². The first-order valence-electron chi connectivity index (χ1n) is 6.95. The van der Waals surface area contributed by atoms with Crippen LogP contribution in [0.1, 0.15) is 38.2 Å². The summed E-state index contributed by atoms with van der Waals surface area (Å²) in [6.07, 6.45) is 2.42. The highest BCUT2D eigenvalue weighted by molar-refractivity contribution is 5.44. The van der Waals surface area contributed by atoms with Crippen molar-refractivity contribution in [2.75, 3.05) is 26.3 Å². The molecule has 3 nitrogen and oxygen atoms in total. The Labute approximate surface area is 109 Å². The van der Waals surface area contributed by atoms with Crippen LogP contribution in [0.2, 0.25) is 0 Å². The Morgan fingerprint density at radius 2 is 1.72 bits per heavy atom. The lowest BCUT2D eigenvalue weighted by atomic mass is 9.90. The molecule has 2 rings (SSSR count). The topological polar surface area (TPSA) is 30.5 Å². The number of nitrogens with one attached hydrogen (secondary N) is 1. The van der Waals surface area contributed by atoms with Gasteiger partial charge in [-0.05, 0) is 63.4 Å². The molecule has 0 bridgehead atoms. The van der Waals surface area contributed by atoms with E-state index in [1.54, 1.807) is 0 Å². The average Bonchev–Trinajstić information content (AvgIpc) is 2.42. The molecule has 1 aromatic rings. The van der Waals surface area contributed by atoms with Gasteiger partial charge in [-0.2, -0.15) is 0 Å². The lowest BCUT2D eigenvalue weighted by Gasteiger charge is -2.24. The van der Waals surface area contributed by atoms with Crippen LogP contribution in [0, 0.1) is 0 Å². The van der Waals surface area contributed by atoms with E-state index in [9.17, 15) is 0 Å². The van der Waals surface area contributed by atoms with Crippen molar-refractivity contribution in [3.05, 3.63) is 23.8 Å². The van der Waals surface area contributed by atoms with Gasteiger partial charge in [-0.1, -0.05) is 6.07 Å². The second-order valence-electron chi connectivity index (χ2n) is 4.60. The van der Waals surface area contributed by atoms with E-state index in [1.807, 2.05) is 19.9 Å². The van der Waals surface area contributed by atoms with Crippen molar-refractivity contribution in [3.63, 3.8) is 0 Å². The van der Waals surface area contributed by atoms with E-state index in [1.165, 1.54) is 18.4 Å². The van der Waals surface area contributed by atoms with E-state index in [0.29, 0.717) is 19.1 Å². The van der Waals surface area contributed by atoms with Crippen molar-refractivity contribution in [3.8, 4) is 11.5 Å². The van der Waals surface area contributed by atoms with Crippen molar-refractivity contribution >= 4 is 0 Å². The molecule has 0 unspecified atom stereocenters. The molecule has 1 saturated heterocycles. The standard InChI is InChI=1S/C15H23NO2/c1-3-17-14-6-5-13(11-15(14)18-4-2)12-7-9-16-10-8-12/h5-6,11-12,16H,3-4,7-10H2,1-2H3. The fourth-order valence-corrected chi connectivity index (χ4v) is 2.48. The zero-order valence-electron chi connectivity index (χ0n) is 11.4. The van der Waals surface area contributed by atoms with Crippen LogP contribution in [0.5, 0.6) is 11.5 Å². The zero-order valence-corrected chi connectivity index (χ0v) is 11.4. The molecular weight excluding hydrogens is 226 g/mol. The zero-order chi connectivity index (χ0) is 12.8. The van der Waals surface area contributed by atoms with Gasteiger partial charge in [-0.25, -0.2) is 0 Å². The second kappa shape index (κ2) is 6.64. The van der Waals surface area contributed by atoms with Crippen molar-refractivity contribution in [2.45, 2.75) is 32.6 Å². The molecular formula is C15H23NO2. The first kappa shape index (κ1) is 13.2. The van der Waals surface area contributed by atoms with E-state index in [2.05, 4.69) is 17.4 Å². The molecule has 0 aromatic heterocycles. The number of rotatable bonds is 5. The Bertz CT molecular complexity index is 373. The molecule has 1 aliphatic rings. The third-order valence-electron chi connectivity index (χ3n) is 3.38. The first-order chi connectivity index (χ1) is 8.85. The predicted octanol–water partition coefficient (Wildman–Crippen LogP) is 2.95. The minimum Gasteiger partial charge on any atom is -0.490 e. The van der Waals surface area contributed by atoms with Crippen LogP contribution in [-0.2, 0) is 0 Å². The average molecular weight is 249 g/mol. The van der Waals surface area contributed by atoms with E-state index in [-0.39, 0.29) is 0 Å². The summed E-state index contributed by atoms with van der Waals surface area (Å²) in [5.74, 6) is 2.40. The molecule has 0 radical (unpaired) electrons. The van der Waals surface area contributed by atoms with Gasteiger partial charge < -0.3 is 14.8 Å². The summed E-state index contributed by atoms with van der Waals surface area (Å²) in [7, 11) is 0. The first-order valence-corrected chi connectivity index (χ1v) is 6.95. The quantitative estimate of drug-likeness (QED) is 0.870. The van der Waals surface area contributed by atoms with Crippen LogP contribution in [0.15, 0.2) is 18.2 Å². The lowest BCUT2D eigenvalue weighted by molar-refractivity contribution is 0.287. The Morgan fingerprint density at radius 1 is 1.06 bits per heavy atom. The molecule has 1 aromatic carbocycles. The fourth-order valence-electron chi connectivity index (χ4n) is 2.48. The van der Waals surface area contributed by atoms with E-state index >= 15 is 0 Å². The summed E-state index contributed by atoms with van der Waals surface area (Å²) < 4.78 is 11.3. The SMILES string of the molecule is CCOc1ccc(C2CCNCC2)cc1OCC. The summed E-state index contributed by atoms with van der Waals surface area (Å²) >= 11 is 0. The predicted molar refractivity (Wildman–Crippen MR) is 73.6 cm³/mol. The van der Waals surface area contributed by atoms with Crippen LogP contribution in [-0.4, -0.2) is 26.3 Å². The third-order valence-corrected chi connectivity index (χ3v) is 3.38. The molecule has 1 heterocycles. The molecule has 18 heavy (non-hydrogen) atoms. The summed E-state index contributed by atoms with van der Waals surface area (Å²) in [6, 6.07) is 6.39. The monoisotopic (exact) mass is 249 g/mol. The van der Waals surface area contributed by atoms with E-state index in [4.69, 9.17) is 9.47 Å². The van der Waals surface area contributed by atoms with Gasteiger partial charge in [0, 0.05) is 0 Å². The summed E-state index contributed by atoms with van der Waals surface area (Å²) in [5.41, 5.74) is 1.38. The molecule has 1 N–H and O–H groups in total. The van der Waals surface area contributed by atoms with Crippen LogP contribution in [0.4, 0.5) is 0 Å². The highest BCUT2D eigenvalue weighted by Crippen LogP contribution is 2.34. The van der Waals surface area contributed by atoms with Crippen LogP contribution in [0.3, 0.4) is 0 Å². The van der Waals surface area contributed by atoms with Gasteiger partial charge in [0.2, 0.25) is 0 Å². The van der Waals surface area contributed by atoms with Gasteiger partial charge in [0.05, 0.1) is 13.2 Å². The maximum Gasteiger partial charge on any atom is 0.161 e. The largest absolute Gasteiger partial charge is 0.490 e. The van der Waals surface area contributed by atoms with Crippen LogP contribution < -0.4 is 14.8 Å². The van der Waals surface area contributed by atoms with Gasteiger partial charge in [0.25, 0.3) is 0 Å². The maximum absolute atomic E-state index is 5.68. The molecule has 3 heteroatoms. The molecule has 0 amide bonds. The van der Waals surface area contributed by atoms with E-state index in [0.717, 1.165) is 24.6 Å². The van der Waals surface area contributed by atoms with Crippen molar-refractivity contribution in [1.29, 1.82) is 0 Å². The molecule has 0 spiro atoms. The van der Waals surface area contributed by atoms with E-state index < -0.39 is 0 Å². The molecule has 0 aliphatic carbocycles. The molecule has 1 fully saturated rings. The Morgan fingerprint density at radius 3 is 2.39 bits per heavy atom. The Kier molecular flexibility index (Phi) is 4.88. The Balaban J connectivity index is 2.18. The smallest absolute Gasteiger partial charge is 0.161 e. The number of piperidine rings is 1. The molecule has 1 aliphatic heterocycles. The molecule has 0 atom stereocenters. The third kappa shape index (κ3) is 3.16.